The smallest absolute Gasteiger partial charge is 0.0727 e. The third-order valence-corrected chi connectivity index (χ3v) is 4.96. The Morgan fingerprint density at radius 3 is 2.60 bits per heavy atom. The maximum Gasteiger partial charge on any atom is 0.0727 e. The molecule has 0 aromatic carbocycles. The molecular weight excluding hydrogens is 248 g/mol. The summed E-state index contributed by atoms with van der Waals surface area (Å²) in [4.78, 5) is 14.1. The van der Waals surface area contributed by atoms with Crippen molar-refractivity contribution in [2.75, 3.05) is 26.7 Å². The predicted octanol–water partition coefficient (Wildman–Crippen LogP) is 2.24. The third kappa shape index (κ3) is 2.86. The Hall–Kier alpha value is -1.00. The lowest BCUT2D eigenvalue weighted by Crippen LogP contribution is -2.61. The van der Waals surface area contributed by atoms with E-state index in [2.05, 4.69) is 26.8 Å². The lowest BCUT2D eigenvalue weighted by atomic mass is 9.78. The molecule has 0 N–H and O–H groups in total. The minimum Gasteiger partial charge on any atom is -0.303 e. The van der Waals surface area contributed by atoms with Gasteiger partial charge in [-0.25, -0.2) is 0 Å². The summed E-state index contributed by atoms with van der Waals surface area (Å²) in [5, 5.41) is 0. The molecule has 4 nitrogen and oxygen atoms in total. The van der Waals surface area contributed by atoms with Crippen LogP contribution in [-0.2, 0) is 6.54 Å². The van der Waals surface area contributed by atoms with Gasteiger partial charge < -0.3 is 4.90 Å². The lowest BCUT2D eigenvalue weighted by Gasteiger charge is -2.52. The van der Waals surface area contributed by atoms with E-state index in [1.807, 2.05) is 19.3 Å². The molecule has 0 amide bonds. The van der Waals surface area contributed by atoms with Crippen molar-refractivity contribution in [1.82, 2.24) is 19.8 Å². The molecule has 0 unspecified atom stereocenters. The first-order valence-corrected chi connectivity index (χ1v) is 7.89. The van der Waals surface area contributed by atoms with Crippen LogP contribution in [0.1, 0.15) is 43.5 Å². The predicted molar refractivity (Wildman–Crippen MR) is 80.5 cm³/mol. The van der Waals surface area contributed by atoms with Gasteiger partial charge in [0.1, 0.15) is 0 Å². The van der Waals surface area contributed by atoms with E-state index in [0.29, 0.717) is 5.54 Å². The van der Waals surface area contributed by atoms with Gasteiger partial charge in [0.2, 0.25) is 0 Å². The molecule has 110 valence electrons. The van der Waals surface area contributed by atoms with Crippen LogP contribution in [0.25, 0.3) is 0 Å². The number of aromatic nitrogens is 2. The van der Waals surface area contributed by atoms with Gasteiger partial charge in [0.05, 0.1) is 11.4 Å². The first-order chi connectivity index (χ1) is 9.68. The van der Waals surface area contributed by atoms with Crippen molar-refractivity contribution < 1.29 is 0 Å². The number of hydrogen-bond donors (Lipinski definition) is 0. The van der Waals surface area contributed by atoms with E-state index in [-0.39, 0.29) is 0 Å². The molecule has 1 saturated carbocycles. The van der Waals surface area contributed by atoms with Crippen LogP contribution in [-0.4, -0.2) is 52.0 Å². The molecule has 2 aliphatic rings. The molecule has 2 fully saturated rings. The Bertz CT molecular complexity index is 436. The van der Waals surface area contributed by atoms with Crippen LogP contribution in [0.2, 0.25) is 0 Å². The van der Waals surface area contributed by atoms with E-state index in [1.165, 1.54) is 45.2 Å². The fraction of sp³-hybridized carbons (Fsp3) is 0.750. The summed E-state index contributed by atoms with van der Waals surface area (Å²) < 4.78 is 0. The van der Waals surface area contributed by atoms with Crippen LogP contribution >= 0.6 is 0 Å². The van der Waals surface area contributed by atoms with Crippen molar-refractivity contribution >= 4 is 0 Å². The Balaban J connectivity index is 1.76. The second-order valence-electron chi connectivity index (χ2n) is 6.59. The standard InChI is InChI=1S/C16H26N4/c1-14-10-18-15(11-17-14)12-20-9-8-19(2)13-16(20)6-4-3-5-7-16/h10-11H,3-9,12-13H2,1-2H3. The maximum absolute atomic E-state index is 4.55. The SMILES string of the molecule is Cc1cnc(CN2CCN(C)CC23CCCCC3)cn1. The molecule has 2 heterocycles. The van der Waals surface area contributed by atoms with E-state index >= 15 is 0 Å². The van der Waals surface area contributed by atoms with Crippen molar-refractivity contribution in [3.8, 4) is 0 Å². The molecule has 1 spiro atoms. The molecule has 3 rings (SSSR count). The topological polar surface area (TPSA) is 32.3 Å². The van der Waals surface area contributed by atoms with Gasteiger partial charge in [-0.3, -0.25) is 14.9 Å². The molecule has 0 atom stereocenters. The number of piperazine rings is 1. The van der Waals surface area contributed by atoms with E-state index in [1.54, 1.807) is 0 Å². The number of aryl methyl sites for hydroxylation is 1. The largest absolute Gasteiger partial charge is 0.303 e. The first-order valence-electron chi connectivity index (χ1n) is 7.89. The lowest BCUT2D eigenvalue weighted by molar-refractivity contribution is -0.0246. The summed E-state index contributed by atoms with van der Waals surface area (Å²) in [6.07, 6.45) is 10.7. The van der Waals surface area contributed by atoms with Crippen LogP contribution in [0.15, 0.2) is 12.4 Å². The second-order valence-corrected chi connectivity index (χ2v) is 6.59. The zero-order valence-corrected chi connectivity index (χ0v) is 12.8. The van der Waals surface area contributed by atoms with Crippen molar-refractivity contribution in [1.29, 1.82) is 0 Å². The normalized spacial score (nSPS) is 24.1. The Morgan fingerprint density at radius 1 is 1.10 bits per heavy atom. The van der Waals surface area contributed by atoms with Crippen LogP contribution < -0.4 is 0 Å². The minimum atomic E-state index is 0.387. The Labute approximate surface area is 122 Å². The second kappa shape index (κ2) is 5.78. The number of hydrogen-bond acceptors (Lipinski definition) is 4. The third-order valence-electron chi connectivity index (χ3n) is 4.96. The highest BCUT2D eigenvalue weighted by molar-refractivity contribution is 5.05. The van der Waals surface area contributed by atoms with Crippen molar-refractivity contribution in [3.05, 3.63) is 23.8 Å². The monoisotopic (exact) mass is 274 g/mol. The van der Waals surface area contributed by atoms with Gasteiger partial charge in [-0.15, -0.1) is 0 Å². The van der Waals surface area contributed by atoms with Gasteiger partial charge in [-0.2, -0.15) is 0 Å². The molecule has 1 aromatic rings. The van der Waals surface area contributed by atoms with Gasteiger partial charge >= 0.3 is 0 Å². The molecule has 20 heavy (non-hydrogen) atoms. The van der Waals surface area contributed by atoms with Crippen LogP contribution in [0.3, 0.4) is 0 Å². The zero-order chi connectivity index (χ0) is 14.0. The fourth-order valence-electron chi connectivity index (χ4n) is 3.84. The summed E-state index contributed by atoms with van der Waals surface area (Å²) in [5.74, 6) is 0. The van der Waals surface area contributed by atoms with E-state index in [4.69, 9.17) is 0 Å². The summed E-state index contributed by atoms with van der Waals surface area (Å²) in [7, 11) is 2.26. The zero-order valence-electron chi connectivity index (χ0n) is 12.8. The van der Waals surface area contributed by atoms with E-state index in [0.717, 1.165) is 24.5 Å². The quantitative estimate of drug-likeness (QED) is 0.828. The van der Waals surface area contributed by atoms with Gasteiger partial charge in [-0.1, -0.05) is 19.3 Å². The molecule has 1 saturated heterocycles. The van der Waals surface area contributed by atoms with Gasteiger partial charge in [-0.05, 0) is 26.8 Å². The Morgan fingerprint density at radius 2 is 1.90 bits per heavy atom. The number of nitrogens with zero attached hydrogens (tertiary/aromatic N) is 4. The molecule has 4 heteroatoms. The number of rotatable bonds is 2. The molecule has 1 aliphatic carbocycles. The summed E-state index contributed by atoms with van der Waals surface area (Å²) in [6, 6.07) is 0. The average Bonchev–Trinajstić information content (AvgIpc) is 2.45. The molecule has 1 aromatic heterocycles. The summed E-state index contributed by atoms with van der Waals surface area (Å²) in [6.45, 7) is 6.50. The summed E-state index contributed by atoms with van der Waals surface area (Å²) >= 11 is 0. The minimum absolute atomic E-state index is 0.387. The van der Waals surface area contributed by atoms with Crippen molar-refractivity contribution in [3.63, 3.8) is 0 Å². The molecular formula is C16H26N4. The summed E-state index contributed by atoms with van der Waals surface area (Å²) in [5.41, 5.74) is 2.50. The molecule has 0 radical (unpaired) electrons. The van der Waals surface area contributed by atoms with Crippen molar-refractivity contribution in [2.45, 2.75) is 51.1 Å². The van der Waals surface area contributed by atoms with E-state index < -0.39 is 0 Å². The first kappa shape index (κ1) is 14.0. The maximum atomic E-state index is 4.55. The van der Waals surface area contributed by atoms with Gasteiger partial charge in [0.15, 0.2) is 0 Å². The number of likely N-dealkylation sites (N-methyl/N-ethyl adjacent to an activating group) is 1. The van der Waals surface area contributed by atoms with Crippen LogP contribution in [0.4, 0.5) is 0 Å². The molecule has 1 aliphatic heterocycles. The van der Waals surface area contributed by atoms with Crippen LogP contribution in [0, 0.1) is 6.92 Å². The van der Waals surface area contributed by atoms with Gasteiger partial charge in [0.25, 0.3) is 0 Å². The highest BCUT2D eigenvalue weighted by Gasteiger charge is 2.41. The van der Waals surface area contributed by atoms with Gasteiger partial charge in [0, 0.05) is 44.1 Å². The van der Waals surface area contributed by atoms with Crippen LogP contribution in [0.5, 0.6) is 0 Å². The highest BCUT2D eigenvalue weighted by atomic mass is 15.3. The van der Waals surface area contributed by atoms with E-state index in [9.17, 15) is 0 Å². The highest BCUT2D eigenvalue weighted by Crippen LogP contribution is 2.36. The average molecular weight is 274 g/mol. The Kier molecular flexibility index (Phi) is 4.03. The fourth-order valence-corrected chi connectivity index (χ4v) is 3.84. The van der Waals surface area contributed by atoms with Crippen molar-refractivity contribution in [2.24, 2.45) is 0 Å². The molecule has 0 bridgehead atoms.